The number of anilines is 2. The lowest BCUT2D eigenvalue weighted by atomic mass is 10.0. The lowest BCUT2D eigenvalue weighted by Gasteiger charge is -2.29. The van der Waals surface area contributed by atoms with Crippen LogP contribution in [0, 0.1) is 0 Å². The van der Waals surface area contributed by atoms with Gasteiger partial charge in [0.25, 0.3) is 11.8 Å². The van der Waals surface area contributed by atoms with Crippen LogP contribution in [0.5, 0.6) is 5.75 Å². The SMILES string of the molecule is CCN(C(=O)c1ccc(OC)cc1)C1CCc2cc(C(=O)Nc3ccccc3N)ccc21. The first kappa shape index (κ1) is 21.4. The van der Waals surface area contributed by atoms with E-state index < -0.39 is 0 Å². The summed E-state index contributed by atoms with van der Waals surface area (Å²) in [7, 11) is 1.61. The minimum Gasteiger partial charge on any atom is -0.497 e. The van der Waals surface area contributed by atoms with Crippen molar-refractivity contribution < 1.29 is 14.3 Å². The van der Waals surface area contributed by atoms with E-state index in [1.165, 1.54) is 0 Å². The first-order chi connectivity index (χ1) is 15.5. The molecule has 1 atom stereocenters. The number of amides is 2. The summed E-state index contributed by atoms with van der Waals surface area (Å²) in [4.78, 5) is 27.8. The summed E-state index contributed by atoms with van der Waals surface area (Å²) in [5.41, 5.74) is 10.5. The molecule has 3 aromatic carbocycles. The molecule has 32 heavy (non-hydrogen) atoms. The first-order valence-electron chi connectivity index (χ1n) is 10.8. The molecule has 4 rings (SSSR count). The van der Waals surface area contributed by atoms with Gasteiger partial charge in [-0.3, -0.25) is 9.59 Å². The van der Waals surface area contributed by atoms with E-state index in [0.717, 1.165) is 29.7 Å². The van der Waals surface area contributed by atoms with Crippen molar-refractivity contribution in [1.29, 1.82) is 0 Å². The summed E-state index contributed by atoms with van der Waals surface area (Å²) in [6, 6.07) is 20.1. The molecule has 0 heterocycles. The van der Waals surface area contributed by atoms with E-state index in [4.69, 9.17) is 10.5 Å². The molecule has 0 aromatic heterocycles. The molecular formula is C26H27N3O3. The topological polar surface area (TPSA) is 84.7 Å². The highest BCUT2D eigenvalue weighted by Gasteiger charge is 2.31. The zero-order valence-corrected chi connectivity index (χ0v) is 18.3. The van der Waals surface area contributed by atoms with Gasteiger partial charge in [0, 0.05) is 17.7 Å². The highest BCUT2D eigenvalue weighted by molar-refractivity contribution is 6.06. The van der Waals surface area contributed by atoms with Crippen LogP contribution in [0.15, 0.2) is 66.7 Å². The molecule has 3 N–H and O–H groups in total. The Labute approximate surface area is 188 Å². The number of nitrogens with two attached hydrogens (primary N) is 1. The maximum Gasteiger partial charge on any atom is 0.255 e. The van der Waals surface area contributed by atoms with Crippen molar-refractivity contribution in [3.8, 4) is 5.75 Å². The fourth-order valence-electron chi connectivity index (χ4n) is 4.27. The predicted octanol–water partition coefficient (Wildman–Crippen LogP) is 4.68. The number of hydrogen-bond acceptors (Lipinski definition) is 4. The highest BCUT2D eigenvalue weighted by Crippen LogP contribution is 2.37. The molecule has 6 nitrogen and oxygen atoms in total. The van der Waals surface area contributed by atoms with Crippen LogP contribution in [0.1, 0.15) is 51.2 Å². The van der Waals surface area contributed by atoms with Gasteiger partial charge in [0.1, 0.15) is 5.75 Å². The Morgan fingerprint density at radius 3 is 2.47 bits per heavy atom. The van der Waals surface area contributed by atoms with Crippen LogP contribution in [-0.2, 0) is 6.42 Å². The Bertz CT molecular complexity index is 1140. The minimum absolute atomic E-state index is 0.00521. The van der Waals surface area contributed by atoms with Crippen molar-refractivity contribution in [2.24, 2.45) is 0 Å². The Balaban J connectivity index is 1.53. The van der Waals surface area contributed by atoms with Crippen LogP contribution in [0.25, 0.3) is 0 Å². The third kappa shape index (κ3) is 4.17. The van der Waals surface area contributed by atoms with E-state index in [9.17, 15) is 9.59 Å². The number of nitrogens with zero attached hydrogens (tertiary/aromatic N) is 1. The van der Waals surface area contributed by atoms with Crippen molar-refractivity contribution in [2.45, 2.75) is 25.8 Å². The second-order valence-electron chi connectivity index (χ2n) is 7.83. The number of para-hydroxylation sites is 2. The molecule has 0 bridgehead atoms. The van der Waals surface area contributed by atoms with Crippen molar-refractivity contribution in [3.05, 3.63) is 89.0 Å². The van der Waals surface area contributed by atoms with Crippen molar-refractivity contribution in [1.82, 2.24) is 4.90 Å². The molecule has 0 fully saturated rings. The second kappa shape index (κ2) is 9.14. The number of benzene rings is 3. The van der Waals surface area contributed by atoms with Crippen molar-refractivity contribution in [3.63, 3.8) is 0 Å². The third-order valence-corrected chi connectivity index (χ3v) is 5.98. The Morgan fingerprint density at radius 2 is 1.78 bits per heavy atom. The van der Waals surface area contributed by atoms with E-state index in [1.807, 2.05) is 42.2 Å². The van der Waals surface area contributed by atoms with Crippen LogP contribution < -0.4 is 15.8 Å². The summed E-state index contributed by atoms with van der Waals surface area (Å²) in [5.74, 6) is 0.518. The smallest absolute Gasteiger partial charge is 0.255 e. The van der Waals surface area contributed by atoms with Gasteiger partial charge >= 0.3 is 0 Å². The number of rotatable bonds is 6. The van der Waals surface area contributed by atoms with Crippen molar-refractivity contribution in [2.75, 3.05) is 24.7 Å². The highest BCUT2D eigenvalue weighted by atomic mass is 16.5. The zero-order chi connectivity index (χ0) is 22.7. The lowest BCUT2D eigenvalue weighted by Crippen LogP contribution is -2.33. The summed E-state index contributed by atoms with van der Waals surface area (Å²) < 4.78 is 5.19. The quantitative estimate of drug-likeness (QED) is 0.557. The molecular weight excluding hydrogens is 402 g/mol. The summed E-state index contributed by atoms with van der Waals surface area (Å²) >= 11 is 0. The van der Waals surface area contributed by atoms with Gasteiger partial charge < -0.3 is 20.7 Å². The average molecular weight is 430 g/mol. The molecule has 1 unspecified atom stereocenters. The predicted molar refractivity (Wildman–Crippen MR) is 126 cm³/mol. The van der Waals surface area contributed by atoms with Crippen molar-refractivity contribution >= 4 is 23.2 Å². The van der Waals surface area contributed by atoms with Gasteiger partial charge in [0.2, 0.25) is 0 Å². The molecule has 2 amide bonds. The maximum atomic E-state index is 13.2. The standard InChI is InChI=1S/C26H27N3O3/c1-3-29(26(31)17-8-12-20(32-2)13-9-17)24-15-11-18-16-19(10-14-21(18)24)25(30)28-23-7-5-4-6-22(23)27/h4-10,12-14,16,24H,3,11,15,27H2,1-2H3,(H,28,30). The van der Waals surface area contributed by atoms with Crippen LogP contribution >= 0.6 is 0 Å². The zero-order valence-electron chi connectivity index (χ0n) is 18.3. The number of fused-ring (bicyclic) bond motifs is 1. The van der Waals surface area contributed by atoms with E-state index in [0.29, 0.717) is 29.0 Å². The molecule has 164 valence electrons. The number of aryl methyl sites for hydroxylation is 1. The second-order valence-corrected chi connectivity index (χ2v) is 7.83. The van der Waals surface area contributed by atoms with E-state index in [1.54, 1.807) is 43.5 Å². The normalized spacial score (nSPS) is 14.5. The van der Waals surface area contributed by atoms with Gasteiger partial charge in [-0.15, -0.1) is 0 Å². The summed E-state index contributed by atoms with van der Waals surface area (Å²) in [6.07, 6.45) is 1.66. The van der Waals surface area contributed by atoms with E-state index >= 15 is 0 Å². The molecule has 0 saturated heterocycles. The lowest BCUT2D eigenvalue weighted by molar-refractivity contribution is 0.0688. The third-order valence-electron chi connectivity index (χ3n) is 5.98. The number of hydrogen-bond donors (Lipinski definition) is 2. The minimum atomic E-state index is -0.198. The number of carbonyl (C=O) groups is 2. The Morgan fingerprint density at radius 1 is 1.06 bits per heavy atom. The molecule has 3 aromatic rings. The molecule has 0 aliphatic heterocycles. The molecule has 1 aliphatic carbocycles. The van der Waals surface area contributed by atoms with Gasteiger partial charge in [0.15, 0.2) is 0 Å². The molecule has 1 aliphatic rings. The average Bonchev–Trinajstić information content (AvgIpc) is 3.24. The molecule has 0 saturated carbocycles. The van der Waals surface area contributed by atoms with Crippen LogP contribution in [0.3, 0.4) is 0 Å². The number of carbonyl (C=O) groups excluding carboxylic acids is 2. The fourth-order valence-corrected chi connectivity index (χ4v) is 4.27. The van der Waals surface area contributed by atoms with Gasteiger partial charge in [-0.25, -0.2) is 0 Å². The van der Waals surface area contributed by atoms with Gasteiger partial charge in [-0.05, 0) is 79.4 Å². The summed E-state index contributed by atoms with van der Waals surface area (Å²) in [6.45, 7) is 2.59. The number of methoxy groups -OCH3 is 1. The van der Waals surface area contributed by atoms with Gasteiger partial charge in [-0.1, -0.05) is 18.2 Å². The van der Waals surface area contributed by atoms with E-state index in [2.05, 4.69) is 5.32 Å². The first-order valence-corrected chi connectivity index (χ1v) is 10.8. The molecule has 6 heteroatoms. The van der Waals surface area contributed by atoms with Gasteiger partial charge in [-0.2, -0.15) is 0 Å². The maximum absolute atomic E-state index is 13.2. The van der Waals surface area contributed by atoms with E-state index in [-0.39, 0.29) is 17.9 Å². The van der Waals surface area contributed by atoms with Crippen LogP contribution in [-0.4, -0.2) is 30.4 Å². The fraction of sp³-hybridized carbons (Fsp3) is 0.231. The number of ether oxygens (including phenoxy) is 1. The molecule has 0 radical (unpaired) electrons. The number of nitrogen functional groups attached to an aromatic ring is 1. The number of nitrogens with one attached hydrogen (secondary N) is 1. The van der Waals surface area contributed by atoms with Gasteiger partial charge in [0.05, 0.1) is 24.5 Å². The monoisotopic (exact) mass is 429 g/mol. The van der Waals surface area contributed by atoms with Crippen LogP contribution in [0.4, 0.5) is 11.4 Å². The Hall–Kier alpha value is -3.80. The van der Waals surface area contributed by atoms with Crippen LogP contribution in [0.2, 0.25) is 0 Å². The summed E-state index contributed by atoms with van der Waals surface area (Å²) in [5, 5.41) is 2.87. The molecule has 0 spiro atoms. The Kier molecular flexibility index (Phi) is 6.12. The largest absolute Gasteiger partial charge is 0.497 e.